The number of hydrogen-bond donors (Lipinski definition) is 1. The van der Waals surface area contributed by atoms with E-state index in [4.69, 9.17) is 0 Å². The third-order valence-corrected chi connectivity index (χ3v) is 4.20. The topological polar surface area (TPSA) is 62.3 Å². The van der Waals surface area contributed by atoms with Crippen LogP contribution in [0.15, 0.2) is 18.2 Å². The van der Waals surface area contributed by atoms with E-state index in [1.54, 1.807) is 10.4 Å². The van der Waals surface area contributed by atoms with Gasteiger partial charge in [0.15, 0.2) is 0 Å². The van der Waals surface area contributed by atoms with E-state index in [-0.39, 0.29) is 17.9 Å². The van der Waals surface area contributed by atoms with Gasteiger partial charge in [0.2, 0.25) is 5.91 Å². The molecule has 0 spiro atoms. The lowest BCUT2D eigenvalue weighted by atomic mass is 10.0. The number of amides is 2. The Labute approximate surface area is 116 Å². The molecule has 0 saturated carbocycles. The van der Waals surface area contributed by atoms with Gasteiger partial charge >= 0.3 is 0 Å². The van der Waals surface area contributed by atoms with Crippen molar-refractivity contribution in [1.29, 1.82) is 0 Å². The molecule has 6 heteroatoms. The Balaban J connectivity index is 1.86. The highest BCUT2D eigenvalue weighted by Crippen LogP contribution is 2.15. The molecule has 0 aromatic carbocycles. The van der Waals surface area contributed by atoms with Gasteiger partial charge in [0.1, 0.15) is 4.88 Å². The Morgan fingerprint density at radius 1 is 1.53 bits per heavy atom. The standard InChI is InChI=1S/C13H17N3O2S/c1-3-11(17)16-6-4-10(5-7-16)15-13(18)12-9(2)14-8-19-12/h3,8,10H,1,4-7H2,2H3,(H,15,18). The molecule has 0 radical (unpaired) electrons. The monoisotopic (exact) mass is 279 g/mol. The molecule has 1 aliphatic heterocycles. The number of nitrogens with one attached hydrogen (secondary N) is 1. The summed E-state index contributed by atoms with van der Waals surface area (Å²) in [5.74, 6) is -0.100. The van der Waals surface area contributed by atoms with Crippen LogP contribution in [0.1, 0.15) is 28.2 Å². The van der Waals surface area contributed by atoms with Crippen molar-refractivity contribution in [3.05, 3.63) is 28.7 Å². The molecule has 0 atom stereocenters. The molecule has 0 bridgehead atoms. The van der Waals surface area contributed by atoms with E-state index in [1.165, 1.54) is 17.4 Å². The molecule has 1 aliphatic rings. The maximum atomic E-state index is 12.0. The van der Waals surface area contributed by atoms with Gasteiger partial charge in [-0.05, 0) is 25.8 Å². The van der Waals surface area contributed by atoms with Crippen molar-refractivity contribution in [2.75, 3.05) is 13.1 Å². The van der Waals surface area contributed by atoms with Crippen LogP contribution in [0.2, 0.25) is 0 Å². The van der Waals surface area contributed by atoms with Crippen LogP contribution in [0.5, 0.6) is 0 Å². The number of aryl methyl sites for hydroxylation is 1. The summed E-state index contributed by atoms with van der Waals surface area (Å²) in [6.07, 6.45) is 2.89. The van der Waals surface area contributed by atoms with Crippen LogP contribution in [0.4, 0.5) is 0 Å². The second kappa shape index (κ2) is 5.97. The number of carbonyl (C=O) groups is 2. The Kier molecular flexibility index (Phi) is 4.31. The van der Waals surface area contributed by atoms with Crippen molar-refractivity contribution in [2.45, 2.75) is 25.8 Å². The second-order valence-corrected chi connectivity index (χ2v) is 5.40. The average Bonchev–Trinajstić information content (AvgIpc) is 2.85. The number of aromatic nitrogens is 1. The second-order valence-electron chi connectivity index (χ2n) is 4.54. The average molecular weight is 279 g/mol. The Morgan fingerprint density at radius 3 is 2.74 bits per heavy atom. The molecule has 1 N–H and O–H groups in total. The van der Waals surface area contributed by atoms with Crippen LogP contribution in [0, 0.1) is 6.92 Å². The molecular formula is C13H17N3O2S. The molecule has 0 unspecified atom stereocenters. The summed E-state index contributed by atoms with van der Waals surface area (Å²) < 4.78 is 0. The zero-order valence-electron chi connectivity index (χ0n) is 10.9. The first-order chi connectivity index (χ1) is 9.11. The fourth-order valence-electron chi connectivity index (χ4n) is 2.14. The molecule has 1 fully saturated rings. The van der Waals surface area contributed by atoms with Crippen LogP contribution >= 0.6 is 11.3 Å². The summed E-state index contributed by atoms with van der Waals surface area (Å²) in [7, 11) is 0. The molecule has 1 saturated heterocycles. The smallest absolute Gasteiger partial charge is 0.263 e. The predicted molar refractivity (Wildman–Crippen MR) is 74.1 cm³/mol. The van der Waals surface area contributed by atoms with E-state index >= 15 is 0 Å². The van der Waals surface area contributed by atoms with Crippen LogP contribution in [0.3, 0.4) is 0 Å². The molecule has 2 amide bonds. The number of nitrogens with zero attached hydrogens (tertiary/aromatic N) is 2. The third kappa shape index (κ3) is 3.20. The Morgan fingerprint density at radius 2 is 2.21 bits per heavy atom. The molecule has 1 aromatic rings. The summed E-state index contributed by atoms with van der Waals surface area (Å²) in [6.45, 7) is 6.64. The minimum absolute atomic E-state index is 0.0388. The van der Waals surface area contributed by atoms with E-state index in [0.29, 0.717) is 18.0 Å². The minimum atomic E-state index is -0.0616. The molecule has 2 heterocycles. The van der Waals surface area contributed by atoms with Gasteiger partial charge in [0, 0.05) is 19.1 Å². The SMILES string of the molecule is C=CC(=O)N1CCC(NC(=O)c2scnc2C)CC1. The van der Waals surface area contributed by atoms with Gasteiger partial charge in [-0.25, -0.2) is 4.98 Å². The normalized spacial score (nSPS) is 16.2. The van der Waals surface area contributed by atoms with Crippen molar-refractivity contribution in [1.82, 2.24) is 15.2 Å². The number of rotatable bonds is 3. The minimum Gasteiger partial charge on any atom is -0.348 e. The molecular weight excluding hydrogens is 262 g/mol. The highest BCUT2D eigenvalue weighted by atomic mass is 32.1. The third-order valence-electron chi connectivity index (χ3n) is 3.27. The molecule has 1 aromatic heterocycles. The lowest BCUT2D eigenvalue weighted by Gasteiger charge is -2.31. The van der Waals surface area contributed by atoms with Gasteiger partial charge in [-0.2, -0.15) is 0 Å². The van der Waals surface area contributed by atoms with Crippen molar-refractivity contribution < 1.29 is 9.59 Å². The first kappa shape index (κ1) is 13.7. The Bertz CT molecular complexity index is 490. The van der Waals surface area contributed by atoms with E-state index < -0.39 is 0 Å². The lowest BCUT2D eigenvalue weighted by molar-refractivity contribution is -0.127. The van der Waals surface area contributed by atoms with Crippen molar-refractivity contribution in [2.24, 2.45) is 0 Å². The largest absolute Gasteiger partial charge is 0.348 e. The first-order valence-corrected chi connectivity index (χ1v) is 7.12. The quantitative estimate of drug-likeness (QED) is 0.850. The van der Waals surface area contributed by atoms with Crippen LogP contribution in [-0.2, 0) is 4.79 Å². The van der Waals surface area contributed by atoms with Gasteiger partial charge in [0.25, 0.3) is 5.91 Å². The lowest BCUT2D eigenvalue weighted by Crippen LogP contribution is -2.46. The maximum Gasteiger partial charge on any atom is 0.263 e. The van der Waals surface area contributed by atoms with E-state index in [0.717, 1.165) is 18.5 Å². The van der Waals surface area contributed by atoms with Crippen molar-refractivity contribution in [3.8, 4) is 0 Å². The van der Waals surface area contributed by atoms with E-state index in [2.05, 4.69) is 16.9 Å². The summed E-state index contributed by atoms with van der Waals surface area (Å²) in [4.78, 5) is 30.0. The number of thiazole rings is 1. The molecule has 19 heavy (non-hydrogen) atoms. The maximum absolute atomic E-state index is 12.0. The van der Waals surface area contributed by atoms with E-state index in [9.17, 15) is 9.59 Å². The number of carbonyl (C=O) groups excluding carboxylic acids is 2. The van der Waals surface area contributed by atoms with Gasteiger partial charge in [-0.15, -0.1) is 11.3 Å². The number of piperidine rings is 1. The van der Waals surface area contributed by atoms with Crippen LogP contribution in [-0.4, -0.2) is 40.8 Å². The van der Waals surface area contributed by atoms with Crippen molar-refractivity contribution >= 4 is 23.2 Å². The fraction of sp³-hybridized carbons (Fsp3) is 0.462. The number of likely N-dealkylation sites (tertiary alicyclic amines) is 1. The van der Waals surface area contributed by atoms with Gasteiger partial charge < -0.3 is 10.2 Å². The highest BCUT2D eigenvalue weighted by molar-refractivity contribution is 7.11. The first-order valence-electron chi connectivity index (χ1n) is 6.24. The Hall–Kier alpha value is -1.69. The molecule has 5 nitrogen and oxygen atoms in total. The zero-order valence-corrected chi connectivity index (χ0v) is 11.7. The van der Waals surface area contributed by atoms with Crippen LogP contribution in [0.25, 0.3) is 0 Å². The fourth-order valence-corrected chi connectivity index (χ4v) is 2.85. The van der Waals surface area contributed by atoms with E-state index in [1.807, 2.05) is 6.92 Å². The van der Waals surface area contributed by atoms with Gasteiger partial charge in [-0.1, -0.05) is 6.58 Å². The van der Waals surface area contributed by atoms with Crippen molar-refractivity contribution in [3.63, 3.8) is 0 Å². The zero-order chi connectivity index (χ0) is 13.8. The summed E-state index contributed by atoms with van der Waals surface area (Å²) in [5, 5.41) is 3.01. The highest BCUT2D eigenvalue weighted by Gasteiger charge is 2.23. The predicted octanol–water partition coefficient (Wildman–Crippen LogP) is 1.36. The van der Waals surface area contributed by atoms with Crippen LogP contribution < -0.4 is 5.32 Å². The number of hydrogen-bond acceptors (Lipinski definition) is 4. The summed E-state index contributed by atoms with van der Waals surface area (Å²) in [5.41, 5.74) is 2.44. The summed E-state index contributed by atoms with van der Waals surface area (Å²) >= 11 is 1.35. The van der Waals surface area contributed by atoms with Gasteiger partial charge in [-0.3, -0.25) is 9.59 Å². The molecule has 102 valence electrons. The molecule has 2 rings (SSSR count). The molecule has 0 aliphatic carbocycles. The summed E-state index contributed by atoms with van der Waals surface area (Å²) in [6, 6.07) is 0.128. The van der Waals surface area contributed by atoms with Gasteiger partial charge in [0.05, 0.1) is 11.2 Å².